The molecule has 0 bridgehead atoms. The van der Waals surface area contributed by atoms with Gasteiger partial charge in [0, 0.05) is 0 Å². The van der Waals surface area contributed by atoms with E-state index in [1.54, 1.807) is 0 Å². The molecular weight excluding hydrogens is 443 g/mol. The molecule has 0 saturated heterocycles. The van der Waals surface area contributed by atoms with E-state index in [1.165, 1.54) is 61.1 Å². The number of hydrogen-bond donors (Lipinski definition) is 1. The maximum Gasteiger partial charge on any atom is 0.416 e. The van der Waals surface area contributed by atoms with Crippen molar-refractivity contribution in [2.24, 2.45) is 0 Å². The standard InChI is InChI=1S/C22H20F3N3O5/c1-21(2,20(30)31)33-18-9-5-15(6-10-18)19(29)32-13-17-12-28(27-26-17)11-14-3-7-16(8-4-14)22(23,24)25/h3-10,12H,11,13H2,1-2H3,(H,30,31). The Kier molecular flexibility index (Phi) is 6.70. The molecule has 0 saturated carbocycles. The van der Waals surface area contributed by atoms with Gasteiger partial charge >= 0.3 is 18.1 Å². The Labute approximate surface area is 186 Å². The summed E-state index contributed by atoms with van der Waals surface area (Å²) in [6.07, 6.45) is -2.87. The molecular formula is C22H20F3N3O5. The normalized spacial score (nSPS) is 11.8. The number of aromatic nitrogens is 3. The summed E-state index contributed by atoms with van der Waals surface area (Å²) in [7, 11) is 0. The minimum Gasteiger partial charge on any atom is -0.478 e. The van der Waals surface area contributed by atoms with Crippen molar-refractivity contribution >= 4 is 11.9 Å². The largest absolute Gasteiger partial charge is 0.478 e. The lowest BCUT2D eigenvalue weighted by atomic mass is 10.1. The molecule has 0 aliphatic carbocycles. The van der Waals surface area contributed by atoms with E-state index in [1.807, 2.05) is 0 Å². The fourth-order valence-corrected chi connectivity index (χ4v) is 2.69. The van der Waals surface area contributed by atoms with Gasteiger partial charge in [0.25, 0.3) is 0 Å². The highest BCUT2D eigenvalue weighted by molar-refractivity contribution is 5.89. The van der Waals surface area contributed by atoms with Crippen molar-refractivity contribution in [1.82, 2.24) is 15.0 Å². The van der Waals surface area contributed by atoms with Gasteiger partial charge in [-0.2, -0.15) is 13.2 Å². The van der Waals surface area contributed by atoms with Crippen molar-refractivity contribution in [3.8, 4) is 5.75 Å². The first kappa shape index (κ1) is 23.8. The molecule has 3 aromatic rings. The average Bonchev–Trinajstić information content (AvgIpc) is 3.19. The summed E-state index contributed by atoms with van der Waals surface area (Å²) in [5, 5.41) is 16.9. The second kappa shape index (κ2) is 9.31. The van der Waals surface area contributed by atoms with E-state index >= 15 is 0 Å². The third-order valence-electron chi connectivity index (χ3n) is 4.54. The zero-order valence-electron chi connectivity index (χ0n) is 17.7. The summed E-state index contributed by atoms with van der Waals surface area (Å²) >= 11 is 0. The lowest BCUT2D eigenvalue weighted by molar-refractivity contribution is -0.152. The predicted molar refractivity (Wildman–Crippen MR) is 108 cm³/mol. The molecule has 0 atom stereocenters. The Hall–Kier alpha value is -3.89. The van der Waals surface area contributed by atoms with Crippen molar-refractivity contribution in [2.75, 3.05) is 0 Å². The number of esters is 1. The minimum absolute atomic E-state index is 0.157. The topological polar surface area (TPSA) is 104 Å². The van der Waals surface area contributed by atoms with E-state index in [0.717, 1.165) is 12.1 Å². The van der Waals surface area contributed by atoms with E-state index in [2.05, 4.69) is 10.3 Å². The Bertz CT molecular complexity index is 1120. The summed E-state index contributed by atoms with van der Waals surface area (Å²) in [6, 6.07) is 10.5. The Morgan fingerprint density at radius 2 is 1.67 bits per heavy atom. The fraction of sp³-hybridized carbons (Fsp3) is 0.273. The number of carboxylic acid groups (broad SMARTS) is 1. The highest BCUT2D eigenvalue weighted by Crippen LogP contribution is 2.29. The van der Waals surface area contributed by atoms with Gasteiger partial charge in [-0.25, -0.2) is 14.3 Å². The maximum absolute atomic E-state index is 12.6. The molecule has 1 aromatic heterocycles. The van der Waals surface area contributed by atoms with Crippen LogP contribution in [0.2, 0.25) is 0 Å². The van der Waals surface area contributed by atoms with Crippen LogP contribution in [0.5, 0.6) is 5.75 Å². The highest BCUT2D eigenvalue weighted by atomic mass is 19.4. The van der Waals surface area contributed by atoms with Crippen molar-refractivity contribution < 1.29 is 37.3 Å². The summed E-state index contributed by atoms with van der Waals surface area (Å²) in [5.74, 6) is -1.47. The van der Waals surface area contributed by atoms with Gasteiger partial charge in [0.1, 0.15) is 18.1 Å². The zero-order chi connectivity index (χ0) is 24.2. The fourth-order valence-electron chi connectivity index (χ4n) is 2.69. The van der Waals surface area contributed by atoms with Gasteiger partial charge in [0.2, 0.25) is 0 Å². The highest BCUT2D eigenvalue weighted by Gasteiger charge is 2.30. The predicted octanol–water partition coefficient (Wildman–Crippen LogP) is 3.94. The summed E-state index contributed by atoms with van der Waals surface area (Å²) in [6.45, 7) is 2.86. The molecule has 8 nitrogen and oxygen atoms in total. The number of rotatable bonds is 8. The number of carboxylic acids is 1. The number of ether oxygens (including phenoxy) is 2. The molecule has 11 heteroatoms. The van der Waals surface area contributed by atoms with Gasteiger partial charge in [0.15, 0.2) is 5.60 Å². The second-order valence-electron chi connectivity index (χ2n) is 7.62. The van der Waals surface area contributed by atoms with Crippen molar-refractivity contribution in [3.05, 3.63) is 77.1 Å². The zero-order valence-corrected chi connectivity index (χ0v) is 17.7. The van der Waals surface area contributed by atoms with Gasteiger partial charge in [0.05, 0.1) is 23.9 Å². The summed E-state index contributed by atoms with van der Waals surface area (Å²) in [5.41, 5.74) is -0.965. The van der Waals surface area contributed by atoms with Gasteiger partial charge in [-0.15, -0.1) is 5.10 Å². The maximum atomic E-state index is 12.6. The molecule has 2 aromatic carbocycles. The summed E-state index contributed by atoms with van der Waals surface area (Å²) < 4.78 is 49.9. The number of carbonyl (C=O) groups is 2. The van der Waals surface area contributed by atoms with E-state index in [9.17, 15) is 22.8 Å². The first-order chi connectivity index (χ1) is 15.4. The van der Waals surface area contributed by atoms with Gasteiger partial charge in [-0.05, 0) is 55.8 Å². The molecule has 0 unspecified atom stereocenters. The van der Waals surface area contributed by atoms with Crippen LogP contribution in [0.3, 0.4) is 0 Å². The van der Waals surface area contributed by atoms with Crippen molar-refractivity contribution in [1.29, 1.82) is 0 Å². The van der Waals surface area contributed by atoms with E-state index in [-0.39, 0.29) is 24.5 Å². The van der Waals surface area contributed by atoms with Gasteiger partial charge in [-0.3, -0.25) is 0 Å². The number of carbonyl (C=O) groups excluding carboxylic acids is 1. The number of nitrogens with zero attached hydrogens (tertiary/aromatic N) is 3. The average molecular weight is 463 g/mol. The number of aliphatic carboxylic acids is 1. The molecule has 0 aliphatic rings. The SMILES string of the molecule is CC(C)(Oc1ccc(C(=O)OCc2cn(Cc3ccc(C(F)(F)F)cc3)nn2)cc1)C(=O)O. The smallest absolute Gasteiger partial charge is 0.416 e. The molecule has 0 spiro atoms. The molecule has 0 amide bonds. The van der Waals surface area contributed by atoms with Crippen LogP contribution in [0.1, 0.15) is 41.0 Å². The van der Waals surface area contributed by atoms with E-state index < -0.39 is 29.3 Å². The Morgan fingerprint density at radius 1 is 1.03 bits per heavy atom. The van der Waals surface area contributed by atoms with Crippen LogP contribution in [0.25, 0.3) is 0 Å². The number of benzene rings is 2. The first-order valence-corrected chi connectivity index (χ1v) is 9.69. The number of alkyl halides is 3. The van der Waals surface area contributed by atoms with Crippen LogP contribution >= 0.6 is 0 Å². The third-order valence-corrected chi connectivity index (χ3v) is 4.54. The molecule has 174 valence electrons. The monoisotopic (exact) mass is 463 g/mol. The molecule has 0 fully saturated rings. The van der Waals surface area contributed by atoms with Crippen LogP contribution in [-0.4, -0.2) is 37.6 Å². The van der Waals surface area contributed by atoms with E-state index in [0.29, 0.717) is 11.3 Å². The molecule has 3 rings (SSSR count). The van der Waals surface area contributed by atoms with E-state index in [4.69, 9.17) is 14.6 Å². The van der Waals surface area contributed by atoms with Crippen LogP contribution in [0, 0.1) is 0 Å². The molecule has 1 N–H and O–H groups in total. The molecule has 33 heavy (non-hydrogen) atoms. The minimum atomic E-state index is -4.40. The number of hydrogen-bond acceptors (Lipinski definition) is 6. The van der Waals surface area contributed by atoms with Gasteiger partial charge < -0.3 is 14.6 Å². The van der Waals surface area contributed by atoms with Crippen LogP contribution in [0.15, 0.2) is 54.7 Å². The van der Waals surface area contributed by atoms with Crippen LogP contribution in [-0.2, 0) is 28.9 Å². The lowest BCUT2D eigenvalue weighted by Crippen LogP contribution is -2.37. The van der Waals surface area contributed by atoms with Crippen molar-refractivity contribution in [3.63, 3.8) is 0 Å². The molecule has 0 aliphatic heterocycles. The first-order valence-electron chi connectivity index (χ1n) is 9.69. The lowest BCUT2D eigenvalue weighted by Gasteiger charge is -2.21. The third kappa shape index (κ3) is 6.31. The second-order valence-corrected chi connectivity index (χ2v) is 7.62. The van der Waals surface area contributed by atoms with Gasteiger partial charge in [-0.1, -0.05) is 17.3 Å². The van der Waals surface area contributed by atoms with Crippen LogP contribution < -0.4 is 4.74 Å². The van der Waals surface area contributed by atoms with Crippen molar-refractivity contribution in [2.45, 2.75) is 38.8 Å². The molecule has 1 heterocycles. The quantitative estimate of drug-likeness (QED) is 0.505. The number of halogens is 3. The Morgan fingerprint density at radius 3 is 2.24 bits per heavy atom. The summed E-state index contributed by atoms with van der Waals surface area (Å²) in [4.78, 5) is 23.4. The Balaban J connectivity index is 1.53. The molecule has 0 radical (unpaired) electrons. The van der Waals surface area contributed by atoms with Crippen LogP contribution in [0.4, 0.5) is 13.2 Å².